The van der Waals surface area contributed by atoms with E-state index in [9.17, 15) is 30.0 Å². The fraction of sp³-hybridized carbons (Fsp3) is 0.522. The number of ether oxygens (including phenoxy) is 8. The summed E-state index contributed by atoms with van der Waals surface area (Å²) < 4.78 is 49.0. The summed E-state index contributed by atoms with van der Waals surface area (Å²) in [6, 6.07) is 11.1. The lowest BCUT2D eigenvalue weighted by Gasteiger charge is -2.43. The van der Waals surface area contributed by atoms with Crippen LogP contribution in [0, 0.1) is 23.7 Å². The Hall–Kier alpha value is -5.36. The molecule has 0 saturated carbocycles. The third-order valence-corrected chi connectivity index (χ3v) is 11.8. The molecule has 64 heavy (non-hydrogen) atoms. The Kier molecular flexibility index (Phi) is 14.0. The van der Waals surface area contributed by atoms with Gasteiger partial charge in [-0.25, -0.2) is 0 Å². The SMILES string of the molecule is CN[C@H]1CC#C[C@H](C(=O)O)C(=O)OC[C@H]2O[C@@H](OC[C@H]1N)[C@H](OOc1cc3c(cc1Cc1cccc(O)c1)OC[C@@H]1c4cc5c(c(CC(C)C)c4O[C@H]31)OCO5)[C@@H](O)[C@@H]2OCCCO. The highest BCUT2D eigenvalue weighted by molar-refractivity contribution is 5.97. The molecule has 7 N–H and O–H groups in total. The van der Waals surface area contributed by atoms with Crippen LogP contribution in [-0.2, 0) is 46.3 Å². The Balaban J connectivity index is 1.13. The number of carboxylic acid groups (broad SMARTS) is 1. The van der Waals surface area contributed by atoms with Gasteiger partial charge in [0.1, 0.15) is 48.3 Å². The number of aliphatic carboxylic acids is 1. The van der Waals surface area contributed by atoms with Gasteiger partial charge in [-0.15, -0.1) is 5.92 Å². The summed E-state index contributed by atoms with van der Waals surface area (Å²) in [6.45, 7) is 3.76. The Bertz CT molecular complexity index is 2240. The number of carbonyl (C=O) groups excluding carboxylic acids is 1. The van der Waals surface area contributed by atoms with Crippen molar-refractivity contribution in [2.75, 3.05) is 46.9 Å². The number of carbonyl (C=O) groups is 2. The van der Waals surface area contributed by atoms with Crippen molar-refractivity contribution < 1.29 is 77.7 Å². The maximum Gasteiger partial charge on any atom is 0.332 e. The summed E-state index contributed by atoms with van der Waals surface area (Å²) in [5.74, 6) is 3.80. The number of cyclic esters (lactones) is 1. The quantitative estimate of drug-likeness (QED) is 0.0361. The molecule has 0 radical (unpaired) electrons. The average molecular weight is 891 g/mol. The zero-order valence-electron chi connectivity index (χ0n) is 35.7. The summed E-state index contributed by atoms with van der Waals surface area (Å²) >= 11 is 0. The number of hydrogen-bond acceptors (Lipinski definition) is 17. The van der Waals surface area contributed by atoms with E-state index in [2.05, 4.69) is 31.0 Å². The highest BCUT2D eigenvalue weighted by Gasteiger charge is 2.50. The molecule has 10 atom stereocenters. The van der Waals surface area contributed by atoms with Crippen LogP contribution in [0.3, 0.4) is 0 Å². The van der Waals surface area contributed by atoms with E-state index in [0.717, 1.165) is 22.4 Å². The molecule has 0 aliphatic carbocycles. The molecule has 3 aromatic carbocycles. The molecular weight excluding hydrogens is 837 g/mol. The number of aliphatic hydroxyl groups excluding tert-OH is 2. The summed E-state index contributed by atoms with van der Waals surface area (Å²) in [5.41, 5.74) is 10.4. The van der Waals surface area contributed by atoms with Gasteiger partial charge >= 0.3 is 11.9 Å². The largest absolute Gasteiger partial charge is 0.508 e. The number of phenols is 1. The average Bonchev–Trinajstić information content (AvgIpc) is 3.90. The molecule has 1 fully saturated rings. The van der Waals surface area contributed by atoms with Crippen molar-refractivity contribution in [2.45, 2.75) is 94.3 Å². The first-order valence-corrected chi connectivity index (χ1v) is 21.4. The second kappa shape index (κ2) is 19.8. The van der Waals surface area contributed by atoms with E-state index in [1.807, 2.05) is 18.2 Å². The Morgan fingerprint density at radius 2 is 1.86 bits per heavy atom. The monoisotopic (exact) mass is 890 g/mol. The molecule has 0 aromatic heterocycles. The van der Waals surface area contributed by atoms with Crippen molar-refractivity contribution in [1.29, 1.82) is 0 Å². The minimum atomic E-state index is -1.79. The molecular formula is C46H54N2O16. The Morgan fingerprint density at radius 3 is 2.62 bits per heavy atom. The summed E-state index contributed by atoms with van der Waals surface area (Å²) in [6.07, 6.45) is -6.11. The Morgan fingerprint density at radius 1 is 1.02 bits per heavy atom. The van der Waals surface area contributed by atoms with Crippen LogP contribution in [0.4, 0.5) is 0 Å². The number of aromatic hydroxyl groups is 1. The zero-order chi connectivity index (χ0) is 45.1. The maximum absolute atomic E-state index is 13.0. The lowest BCUT2D eigenvalue weighted by atomic mass is 9.86. The van der Waals surface area contributed by atoms with Crippen LogP contribution >= 0.6 is 0 Å². The van der Waals surface area contributed by atoms with Gasteiger partial charge in [0, 0.05) is 60.4 Å². The molecule has 8 rings (SSSR count). The van der Waals surface area contributed by atoms with Crippen LogP contribution < -0.4 is 34.9 Å². The predicted octanol–water partition coefficient (Wildman–Crippen LogP) is 2.64. The number of esters is 1. The van der Waals surface area contributed by atoms with Crippen molar-refractivity contribution >= 4 is 11.9 Å². The molecule has 3 aromatic rings. The minimum Gasteiger partial charge on any atom is -0.508 e. The normalized spacial score (nSPS) is 28.3. The second-order valence-corrected chi connectivity index (χ2v) is 16.8. The smallest absolute Gasteiger partial charge is 0.332 e. The third kappa shape index (κ3) is 9.53. The number of benzene rings is 3. The van der Waals surface area contributed by atoms with Crippen molar-refractivity contribution in [1.82, 2.24) is 5.32 Å². The molecule has 344 valence electrons. The molecule has 0 spiro atoms. The fourth-order valence-corrected chi connectivity index (χ4v) is 8.59. The van der Waals surface area contributed by atoms with Gasteiger partial charge < -0.3 is 74.3 Å². The highest BCUT2D eigenvalue weighted by Crippen LogP contribution is 2.57. The maximum atomic E-state index is 13.0. The van der Waals surface area contributed by atoms with Gasteiger partial charge in [0.2, 0.25) is 12.7 Å². The summed E-state index contributed by atoms with van der Waals surface area (Å²) in [4.78, 5) is 37.5. The van der Waals surface area contributed by atoms with Crippen LogP contribution in [-0.4, -0.2) is 122 Å². The standard InChI is InChI=1S/C46H54N2O16/c1-23(2)13-30-39-28(17-36-41(30)60-22-59-36)31-19-56-35-16-25(14-24-7-4-8-26(50)15-24)34(18-29(35)40(31)62-39)63-64-43-38(51)42(55-12-6-11-49)37-21-57-45(54)27(44(52)53)9-5-10-33(48-3)32(47)20-58-46(43)61-37/h4,7-8,15-18,23,27,31-33,37-38,40,42-43,46,48-51H,6,10-14,19-22,47H2,1-3H3,(H,52,53)/t27-,31-,32-,33+,37-,38+,40-,42-,43-,46-/m1/s1. The topological polar surface area (TPSA) is 245 Å². The molecule has 5 heterocycles. The summed E-state index contributed by atoms with van der Waals surface area (Å²) in [7, 11) is 1.65. The van der Waals surface area contributed by atoms with Crippen molar-refractivity contribution in [2.24, 2.45) is 17.6 Å². The van der Waals surface area contributed by atoms with Gasteiger partial charge in [0.25, 0.3) is 0 Å². The number of fused-ring (bicyclic) bond motifs is 8. The Labute approximate surface area is 369 Å². The molecule has 2 bridgehead atoms. The second-order valence-electron chi connectivity index (χ2n) is 16.8. The molecule has 0 amide bonds. The number of likely N-dealkylation sites (N-methyl/N-ethyl adjacent to an activating group) is 1. The molecule has 18 heteroatoms. The number of carboxylic acids is 1. The number of aliphatic hydroxyl groups is 2. The van der Waals surface area contributed by atoms with E-state index in [1.54, 1.807) is 31.3 Å². The molecule has 5 aliphatic rings. The van der Waals surface area contributed by atoms with Gasteiger partial charge in [-0.2, -0.15) is 4.89 Å². The van der Waals surface area contributed by atoms with Crippen molar-refractivity contribution in [3.05, 3.63) is 70.3 Å². The first-order valence-electron chi connectivity index (χ1n) is 21.4. The first kappa shape index (κ1) is 45.2. The zero-order valence-corrected chi connectivity index (χ0v) is 35.7. The fourth-order valence-electron chi connectivity index (χ4n) is 8.59. The number of hydrogen-bond donors (Lipinski definition) is 6. The molecule has 18 nitrogen and oxygen atoms in total. The lowest BCUT2D eigenvalue weighted by molar-refractivity contribution is -0.376. The van der Waals surface area contributed by atoms with Crippen LogP contribution in [0.1, 0.15) is 66.5 Å². The first-order chi connectivity index (χ1) is 30.9. The van der Waals surface area contributed by atoms with E-state index in [4.69, 9.17) is 53.4 Å². The number of nitrogens with two attached hydrogens (primary N) is 1. The molecule has 0 unspecified atom stereocenters. The van der Waals surface area contributed by atoms with Crippen LogP contribution in [0.15, 0.2) is 42.5 Å². The lowest BCUT2D eigenvalue weighted by Crippen LogP contribution is -2.62. The number of phenolic OH excluding ortho intramolecular Hbond substituents is 1. The van der Waals surface area contributed by atoms with Crippen LogP contribution in [0.2, 0.25) is 0 Å². The van der Waals surface area contributed by atoms with Crippen LogP contribution in [0.5, 0.6) is 34.5 Å². The molecule has 5 aliphatic heterocycles. The van der Waals surface area contributed by atoms with Gasteiger partial charge in [-0.3, -0.25) is 9.59 Å². The molecule has 1 saturated heterocycles. The van der Waals surface area contributed by atoms with Crippen molar-refractivity contribution in [3.63, 3.8) is 0 Å². The minimum absolute atomic E-state index is 0.0347. The number of rotatable bonds is 13. The van der Waals surface area contributed by atoms with E-state index in [-0.39, 0.29) is 63.3 Å². The van der Waals surface area contributed by atoms with Gasteiger partial charge in [-0.05, 0) is 61.7 Å². The van der Waals surface area contributed by atoms with Gasteiger partial charge in [0.05, 0.1) is 19.1 Å². The van der Waals surface area contributed by atoms with E-state index in [1.165, 1.54) is 0 Å². The van der Waals surface area contributed by atoms with Gasteiger partial charge in [0.15, 0.2) is 29.6 Å². The predicted molar refractivity (Wildman–Crippen MR) is 223 cm³/mol. The van der Waals surface area contributed by atoms with E-state index in [0.29, 0.717) is 47.3 Å². The van der Waals surface area contributed by atoms with Gasteiger partial charge in [-0.1, -0.05) is 31.9 Å². The van der Waals surface area contributed by atoms with E-state index >= 15 is 0 Å². The van der Waals surface area contributed by atoms with Crippen LogP contribution in [0.25, 0.3) is 0 Å². The number of nitrogens with one attached hydrogen (secondary N) is 1. The van der Waals surface area contributed by atoms with E-state index < -0.39 is 73.4 Å². The summed E-state index contributed by atoms with van der Waals surface area (Å²) in [5, 5.41) is 44.7. The van der Waals surface area contributed by atoms with Crippen molar-refractivity contribution in [3.8, 4) is 46.3 Å². The highest BCUT2D eigenvalue weighted by atomic mass is 17.2. The third-order valence-electron chi connectivity index (χ3n) is 11.8.